The summed E-state index contributed by atoms with van der Waals surface area (Å²) in [5.74, 6) is -3.89. The number of hydrogen-bond acceptors (Lipinski definition) is 4. The summed E-state index contributed by atoms with van der Waals surface area (Å²) in [5, 5.41) is 45.5. The van der Waals surface area contributed by atoms with Crippen LogP contribution in [0.5, 0.6) is 0 Å². The number of aromatic carboxylic acids is 4. The van der Waals surface area contributed by atoms with Crippen molar-refractivity contribution >= 4 is 78.1 Å². The van der Waals surface area contributed by atoms with Crippen LogP contribution in [0.4, 0.5) is 0 Å². The van der Waals surface area contributed by atoms with Gasteiger partial charge >= 0.3 is 23.9 Å². The number of fused-ring (bicyclic) bond motifs is 4. The maximum absolute atomic E-state index is 11.7. The topological polar surface area (TPSA) is 149 Å². The molecule has 12 aromatic rings. The molecule has 78 heavy (non-hydrogen) atoms. The number of carboxylic acid groups (broad SMARTS) is 4. The Kier molecular flexibility index (Phi) is 12.3. The molecule has 8 nitrogen and oxygen atoms in total. The minimum absolute atomic E-state index is 0.234. The van der Waals surface area contributed by atoms with E-state index in [0.717, 1.165) is 121 Å². The van der Waals surface area contributed by atoms with Crippen molar-refractivity contribution in [3.8, 4) is 44.5 Å². The summed E-state index contributed by atoms with van der Waals surface area (Å²) in [7, 11) is 0. The Labute approximate surface area is 447 Å². The third-order valence-electron chi connectivity index (χ3n) is 14.6. The first-order valence-corrected chi connectivity index (χ1v) is 25.2. The highest BCUT2D eigenvalue weighted by atomic mass is 16.4. The first-order valence-electron chi connectivity index (χ1n) is 25.2. The van der Waals surface area contributed by atoms with E-state index in [2.05, 4.69) is 121 Å². The van der Waals surface area contributed by atoms with Gasteiger partial charge in [-0.1, -0.05) is 170 Å². The Balaban J connectivity index is 1.01. The van der Waals surface area contributed by atoms with Crippen molar-refractivity contribution in [1.82, 2.24) is 0 Å². The molecule has 0 unspecified atom stereocenters. The zero-order valence-corrected chi connectivity index (χ0v) is 41.5. The average Bonchev–Trinajstić information content (AvgIpc) is 3.47. The average molecular weight is 1010 g/mol. The lowest BCUT2D eigenvalue weighted by Crippen LogP contribution is -1.98. The first-order chi connectivity index (χ1) is 37.9. The lowest BCUT2D eigenvalue weighted by molar-refractivity contribution is 0.0686. The fraction of sp³-hybridized carbons (Fsp3) is 0. The molecular formula is C70H44O8. The van der Waals surface area contributed by atoms with Gasteiger partial charge in [0.05, 0.1) is 22.3 Å². The summed E-state index contributed by atoms with van der Waals surface area (Å²) in [4.78, 5) is 46.9. The number of carbonyl (C=O) groups is 4. The molecule has 12 rings (SSSR count). The quantitative estimate of drug-likeness (QED) is 0.0884. The van der Waals surface area contributed by atoms with E-state index in [1.807, 2.05) is 72.8 Å². The zero-order chi connectivity index (χ0) is 53.6. The number of carboxylic acids is 4. The molecule has 12 aromatic carbocycles. The molecule has 4 N–H and O–H groups in total. The third kappa shape index (κ3) is 9.42. The summed E-state index contributed by atoms with van der Waals surface area (Å²) in [6.45, 7) is 0. The van der Waals surface area contributed by atoms with Gasteiger partial charge < -0.3 is 20.4 Å². The van der Waals surface area contributed by atoms with E-state index in [9.17, 15) is 39.6 Å². The van der Waals surface area contributed by atoms with Crippen molar-refractivity contribution in [2.24, 2.45) is 0 Å². The Morgan fingerprint density at radius 2 is 0.333 bits per heavy atom. The SMILES string of the molecule is O=C(O)c1ccc2cc(-c3ccc(C(=C(c4ccc(-c5ccc6cc(C(=O)O)ccc6c5)cc4)c4ccc(-c5ccc6cc(C(=O)O)ccc6c5)cc4)c4ccc(-c5ccc6cc(C(=O)O)ccc6c5)cc4)cc3)ccc2c1. The predicted octanol–water partition coefficient (Wildman–Crippen LogP) is 16.8. The van der Waals surface area contributed by atoms with E-state index in [1.54, 1.807) is 48.5 Å². The minimum Gasteiger partial charge on any atom is -0.478 e. The number of rotatable bonds is 12. The van der Waals surface area contributed by atoms with Gasteiger partial charge in [-0.15, -0.1) is 0 Å². The van der Waals surface area contributed by atoms with Crippen molar-refractivity contribution in [3.05, 3.63) is 287 Å². The lowest BCUT2D eigenvalue weighted by Gasteiger charge is -2.20. The third-order valence-corrected chi connectivity index (χ3v) is 14.6. The van der Waals surface area contributed by atoms with Crippen molar-refractivity contribution in [2.45, 2.75) is 0 Å². The Bertz CT molecular complexity index is 3880. The van der Waals surface area contributed by atoms with Crippen molar-refractivity contribution in [3.63, 3.8) is 0 Å². The van der Waals surface area contributed by atoms with Gasteiger partial charge in [0.2, 0.25) is 0 Å². The van der Waals surface area contributed by atoms with Gasteiger partial charge in [-0.3, -0.25) is 0 Å². The van der Waals surface area contributed by atoms with Crippen LogP contribution in [0.15, 0.2) is 243 Å². The standard InChI is InChI=1S/C70H44O8/c71-67(72)61-29-25-53-33-49(17-21-57(53)37-61)41-1-9-45(10-2-41)65(46-11-3-42(4-12-46)50-18-22-58-38-62(68(73)74)30-26-54(58)34-50)66(47-13-5-43(6-14-47)51-19-23-59-39-63(69(75)76)31-27-55(59)35-51)48-15-7-44(8-16-48)52-20-24-60-40-64(70(77)78)32-28-56(60)36-52/h1-40H,(H,71,72)(H,73,74)(H,75,76)(H,77,78). The second kappa shape index (κ2) is 19.9. The molecule has 0 aromatic heterocycles. The minimum atomic E-state index is -0.972. The van der Waals surface area contributed by atoms with Gasteiger partial charge in [0.25, 0.3) is 0 Å². The second-order valence-electron chi connectivity index (χ2n) is 19.4. The molecule has 0 spiro atoms. The molecule has 0 aliphatic rings. The fourth-order valence-electron chi connectivity index (χ4n) is 10.5. The normalized spacial score (nSPS) is 11.2. The summed E-state index contributed by atoms with van der Waals surface area (Å²) >= 11 is 0. The van der Waals surface area contributed by atoms with Crippen LogP contribution < -0.4 is 0 Å². The molecule has 372 valence electrons. The predicted molar refractivity (Wildman–Crippen MR) is 310 cm³/mol. The van der Waals surface area contributed by atoms with Crippen LogP contribution >= 0.6 is 0 Å². The van der Waals surface area contributed by atoms with E-state index in [4.69, 9.17) is 0 Å². The highest BCUT2D eigenvalue weighted by molar-refractivity contribution is 6.06. The summed E-state index contributed by atoms with van der Waals surface area (Å²) in [6, 6.07) is 78.8. The van der Waals surface area contributed by atoms with E-state index in [1.165, 1.54) is 0 Å². The monoisotopic (exact) mass is 1010 g/mol. The maximum atomic E-state index is 11.7. The molecule has 0 saturated carbocycles. The molecule has 0 aliphatic heterocycles. The highest BCUT2D eigenvalue weighted by Gasteiger charge is 2.19. The molecule has 0 heterocycles. The van der Waals surface area contributed by atoms with Gasteiger partial charge in [-0.05, 0) is 194 Å². The van der Waals surface area contributed by atoms with Gasteiger partial charge in [0.15, 0.2) is 0 Å². The molecule has 0 fully saturated rings. The molecule has 0 saturated heterocycles. The van der Waals surface area contributed by atoms with E-state index in [-0.39, 0.29) is 22.3 Å². The molecule has 0 bridgehead atoms. The lowest BCUT2D eigenvalue weighted by atomic mass is 9.84. The van der Waals surface area contributed by atoms with Gasteiger partial charge in [-0.2, -0.15) is 0 Å². The van der Waals surface area contributed by atoms with Crippen LogP contribution in [0.3, 0.4) is 0 Å². The Hall–Kier alpha value is -10.7. The summed E-state index contributed by atoms with van der Waals surface area (Å²) in [6.07, 6.45) is 0. The Morgan fingerprint density at radius 1 is 0.179 bits per heavy atom. The molecule has 0 aliphatic carbocycles. The molecule has 0 amide bonds. The van der Waals surface area contributed by atoms with Gasteiger partial charge in [0, 0.05) is 0 Å². The fourth-order valence-corrected chi connectivity index (χ4v) is 10.5. The highest BCUT2D eigenvalue weighted by Crippen LogP contribution is 2.41. The van der Waals surface area contributed by atoms with Gasteiger partial charge in [0.1, 0.15) is 0 Å². The second-order valence-corrected chi connectivity index (χ2v) is 19.4. The number of benzene rings is 12. The molecule has 8 heteroatoms. The summed E-state index contributed by atoms with van der Waals surface area (Å²) < 4.78 is 0. The molecule has 0 radical (unpaired) electrons. The van der Waals surface area contributed by atoms with Crippen molar-refractivity contribution in [1.29, 1.82) is 0 Å². The maximum Gasteiger partial charge on any atom is 0.335 e. The Morgan fingerprint density at radius 3 is 0.526 bits per heavy atom. The van der Waals surface area contributed by atoms with E-state index < -0.39 is 23.9 Å². The summed E-state index contributed by atoms with van der Waals surface area (Å²) in [5.41, 5.74) is 14.7. The molecule has 0 atom stereocenters. The van der Waals surface area contributed by atoms with Crippen LogP contribution in [0, 0.1) is 0 Å². The van der Waals surface area contributed by atoms with Crippen LogP contribution in [-0.2, 0) is 0 Å². The first kappa shape index (κ1) is 48.3. The van der Waals surface area contributed by atoms with E-state index >= 15 is 0 Å². The van der Waals surface area contributed by atoms with Crippen LogP contribution in [0.25, 0.3) is 98.7 Å². The van der Waals surface area contributed by atoms with Gasteiger partial charge in [-0.25, -0.2) is 19.2 Å². The van der Waals surface area contributed by atoms with Crippen LogP contribution in [-0.4, -0.2) is 44.3 Å². The van der Waals surface area contributed by atoms with Crippen LogP contribution in [0.1, 0.15) is 63.7 Å². The smallest absolute Gasteiger partial charge is 0.335 e. The zero-order valence-electron chi connectivity index (χ0n) is 41.5. The largest absolute Gasteiger partial charge is 0.478 e. The van der Waals surface area contributed by atoms with Crippen molar-refractivity contribution < 1.29 is 39.6 Å². The number of hydrogen-bond donors (Lipinski definition) is 4. The van der Waals surface area contributed by atoms with E-state index in [0.29, 0.717) is 0 Å². The van der Waals surface area contributed by atoms with Crippen molar-refractivity contribution in [2.75, 3.05) is 0 Å². The molecular weight excluding hydrogens is 969 g/mol. The van der Waals surface area contributed by atoms with Crippen LogP contribution in [0.2, 0.25) is 0 Å².